The molecule has 1 aromatic rings. The van der Waals surface area contributed by atoms with E-state index in [9.17, 15) is 9.59 Å². The number of aromatic nitrogens is 1. The number of H-pyrrole nitrogens is 1. The largest absolute Gasteiger partial charge is 0.373 e. The summed E-state index contributed by atoms with van der Waals surface area (Å²) >= 11 is 0. The summed E-state index contributed by atoms with van der Waals surface area (Å²) in [7, 11) is 1.75. The molecule has 21 heavy (non-hydrogen) atoms. The number of hydrogen-bond acceptors (Lipinski definition) is 4. The average Bonchev–Trinajstić information content (AvgIpc) is 2.91. The van der Waals surface area contributed by atoms with Crippen LogP contribution in [0.1, 0.15) is 43.7 Å². The van der Waals surface area contributed by atoms with Crippen LogP contribution in [0.5, 0.6) is 0 Å². The number of likely N-dealkylation sites (tertiary alicyclic amines) is 1. The minimum Gasteiger partial charge on any atom is -0.373 e. The summed E-state index contributed by atoms with van der Waals surface area (Å²) in [6.45, 7) is 7.45. The van der Waals surface area contributed by atoms with Crippen molar-refractivity contribution in [3.63, 3.8) is 0 Å². The van der Waals surface area contributed by atoms with Crippen molar-refractivity contribution in [2.45, 2.75) is 39.2 Å². The molecule has 0 radical (unpaired) electrons. The first kappa shape index (κ1) is 15.8. The molecule has 0 saturated carbocycles. The van der Waals surface area contributed by atoms with E-state index in [0.717, 1.165) is 19.5 Å². The Kier molecular flexibility index (Phi) is 5.22. The van der Waals surface area contributed by atoms with Crippen molar-refractivity contribution in [1.29, 1.82) is 0 Å². The van der Waals surface area contributed by atoms with Crippen LogP contribution >= 0.6 is 0 Å². The van der Waals surface area contributed by atoms with Gasteiger partial charge < -0.3 is 14.3 Å². The molecular formula is C15H25N3O3. The first-order valence-corrected chi connectivity index (χ1v) is 7.65. The van der Waals surface area contributed by atoms with Gasteiger partial charge in [0.15, 0.2) is 0 Å². The third-order valence-electron chi connectivity index (χ3n) is 4.33. The van der Waals surface area contributed by atoms with Gasteiger partial charge in [-0.1, -0.05) is 0 Å². The van der Waals surface area contributed by atoms with Gasteiger partial charge in [0, 0.05) is 19.6 Å². The standard InChI is InChI=1S/C15H25N3O3/c1-11(2)18-8-5-12(6-9-18)4-7-17(3)15(20)13-10-14(19)16-21-13/h10-12H,4-9H2,1-3H3,(H,16,19). The summed E-state index contributed by atoms with van der Waals surface area (Å²) in [5.74, 6) is 0.513. The SMILES string of the molecule is CC(C)N1CCC(CCN(C)C(=O)c2cc(=O)[nH]o2)CC1. The molecule has 1 aliphatic rings. The minimum atomic E-state index is -0.382. The average molecular weight is 295 g/mol. The number of aromatic amines is 1. The second-order valence-corrected chi connectivity index (χ2v) is 6.17. The Morgan fingerprint density at radius 3 is 2.67 bits per heavy atom. The van der Waals surface area contributed by atoms with Gasteiger partial charge in [0.2, 0.25) is 5.76 Å². The van der Waals surface area contributed by atoms with Crippen LogP contribution in [0.3, 0.4) is 0 Å². The molecule has 2 rings (SSSR count). The van der Waals surface area contributed by atoms with Crippen molar-refractivity contribution in [1.82, 2.24) is 15.0 Å². The van der Waals surface area contributed by atoms with E-state index in [2.05, 4.69) is 23.9 Å². The molecule has 1 fully saturated rings. The lowest BCUT2D eigenvalue weighted by Crippen LogP contribution is -2.39. The molecule has 118 valence electrons. The van der Waals surface area contributed by atoms with Crippen LogP contribution in [0.15, 0.2) is 15.4 Å². The molecule has 0 atom stereocenters. The van der Waals surface area contributed by atoms with Gasteiger partial charge in [0.25, 0.3) is 11.5 Å². The first-order valence-electron chi connectivity index (χ1n) is 7.65. The molecule has 0 unspecified atom stereocenters. The summed E-state index contributed by atoms with van der Waals surface area (Å²) in [5, 5.41) is 2.14. The van der Waals surface area contributed by atoms with Crippen LogP contribution in [-0.4, -0.2) is 53.6 Å². The zero-order valence-electron chi connectivity index (χ0n) is 13.1. The van der Waals surface area contributed by atoms with Crippen molar-refractivity contribution in [2.75, 3.05) is 26.7 Å². The van der Waals surface area contributed by atoms with Gasteiger partial charge in [-0.15, -0.1) is 0 Å². The second-order valence-electron chi connectivity index (χ2n) is 6.17. The van der Waals surface area contributed by atoms with E-state index in [-0.39, 0.29) is 17.2 Å². The highest BCUT2D eigenvalue weighted by Gasteiger charge is 2.22. The quantitative estimate of drug-likeness (QED) is 0.895. The second kappa shape index (κ2) is 6.93. The summed E-state index contributed by atoms with van der Waals surface area (Å²) < 4.78 is 4.84. The maximum atomic E-state index is 12.0. The van der Waals surface area contributed by atoms with Crippen molar-refractivity contribution in [3.05, 3.63) is 22.2 Å². The number of rotatable bonds is 5. The number of hydrogen-bond donors (Lipinski definition) is 1. The van der Waals surface area contributed by atoms with E-state index < -0.39 is 0 Å². The van der Waals surface area contributed by atoms with Crippen LogP contribution in [0.4, 0.5) is 0 Å². The van der Waals surface area contributed by atoms with Crippen molar-refractivity contribution < 1.29 is 9.32 Å². The molecule has 1 saturated heterocycles. The van der Waals surface area contributed by atoms with Crippen LogP contribution in [0.25, 0.3) is 0 Å². The van der Waals surface area contributed by atoms with E-state index in [0.29, 0.717) is 18.5 Å². The Bertz CT molecular complexity index is 512. The third-order valence-corrected chi connectivity index (χ3v) is 4.33. The molecule has 6 heteroatoms. The van der Waals surface area contributed by atoms with Crippen molar-refractivity contribution in [2.24, 2.45) is 5.92 Å². The van der Waals surface area contributed by atoms with E-state index in [4.69, 9.17) is 4.52 Å². The van der Waals surface area contributed by atoms with Gasteiger partial charge in [-0.05, 0) is 52.1 Å². The number of carbonyl (C=O) groups excluding carboxylic acids is 1. The Balaban J connectivity index is 1.76. The molecule has 1 aliphatic heterocycles. The fraction of sp³-hybridized carbons (Fsp3) is 0.733. The topological polar surface area (TPSA) is 69.6 Å². The van der Waals surface area contributed by atoms with E-state index in [1.807, 2.05) is 0 Å². The number of amides is 1. The van der Waals surface area contributed by atoms with Crippen LogP contribution in [0.2, 0.25) is 0 Å². The van der Waals surface area contributed by atoms with E-state index in [1.165, 1.54) is 18.9 Å². The number of carbonyl (C=O) groups is 1. The lowest BCUT2D eigenvalue weighted by atomic mass is 9.93. The summed E-state index contributed by atoms with van der Waals surface area (Å²) in [6, 6.07) is 1.81. The number of nitrogens with zero attached hydrogens (tertiary/aromatic N) is 2. The predicted molar refractivity (Wildman–Crippen MR) is 80.3 cm³/mol. The molecule has 1 amide bonds. The van der Waals surface area contributed by atoms with Gasteiger partial charge in [0.1, 0.15) is 0 Å². The summed E-state index contributed by atoms with van der Waals surface area (Å²) in [4.78, 5) is 27.1. The Hall–Kier alpha value is -1.56. The Morgan fingerprint density at radius 1 is 1.48 bits per heavy atom. The summed E-state index contributed by atoms with van der Waals surface area (Å²) in [5.41, 5.74) is -0.382. The molecule has 0 aliphatic carbocycles. The monoisotopic (exact) mass is 295 g/mol. The normalized spacial score (nSPS) is 17.3. The molecule has 0 spiro atoms. The Morgan fingerprint density at radius 2 is 2.14 bits per heavy atom. The highest BCUT2D eigenvalue weighted by Crippen LogP contribution is 2.22. The van der Waals surface area contributed by atoms with Crippen LogP contribution < -0.4 is 5.56 Å². The fourth-order valence-electron chi connectivity index (χ4n) is 2.81. The third kappa shape index (κ3) is 4.20. The summed E-state index contributed by atoms with van der Waals surface area (Å²) in [6.07, 6.45) is 3.39. The van der Waals surface area contributed by atoms with Gasteiger partial charge in [-0.2, -0.15) is 5.16 Å². The highest BCUT2D eigenvalue weighted by atomic mass is 16.5. The maximum Gasteiger partial charge on any atom is 0.292 e. The zero-order valence-corrected chi connectivity index (χ0v) is 13.1. The number of piperidine rings is 1. The predicted octanol–water partition coefficient (Wildman–Crippen LogP) is 1.55. The fourth-order valence-corrected chi connectivity index (χ4v) is 2.81. The van der Waals surface area contributed by atoms with Crippen LogP contribution in [0, 0.1) is 5.92 Å². The van der Waals surface area contributed by atoms with Gasteiger partial charge in [-0.3, -0.25) is 9.59 Å². The molecule has 1 aromatic heterocycles. The molecule has 0 aromatic carbocycles. The van der Waals surface area contributed by atoms with Gasteiger partial charge >= 0.3 is 0 Å². The zero-order chi connectivity index (χ0) is 15.4. The molecule has 0 bridgehead atoms. The van der Waals surface area contributed by atoms with Crippen molar-refractivity contribution >= 4 is 5.91 Å². The van der Waals surface area contributed by atoms with Crippen molar-refractivity contribution in [3.8, 4) is 0 Å². The van der Waals surface area contributed by atoms with E-state index in [1.54, 1.807) is 11.9 Å². The van der Waals surface area contributed by atoms with E-state index >= 15 is 0 Å². The molecular weight excluding hydrogens is 270 g/mol. The first-order chi connectivity index (χ1) is 9.97. The van der Waals surface area contributed by atoms with Gasteiger partial charge in [0.05, 0.1) is 6.07 Å². The number of nitrogens with one attached hydrogen (secondary N) is 1. The molecule has 1 N–H and O–H groups in total. The lowest BCUT2D eigenvalue weighted by Gasteiger charge is -2.35. The van der Waals surface area contributed by atoms with Gasteiger partial charge in [-0.25, -0.2) is 0 Å². The smallest absolute Gasteiger partial charge is 0.292 e. The van der Waals surface area contributed by atoms with Crippen LogP contribution in [-0.2, 0) is 0 Å². The minimum absolute atomic E-state index is 0.0807. The maximum absolute atomic E-state index is 12.0. The molecule has 6 nitrogen and oxygen atoms in total. The molecule has 2 heterocycles. The lowest BCUT2D eigenvalue weighted by molar-refractivity contribution is 0.0733. The highest BCUT2D eigenvalue weighted by molar-refractivity contribution is 5.91. The Labute approximate surface area is 125 Å².